The first-order valence-electron chi connectivity index (χ1n) is 6.06. The van der Waals surface area contributed by atoms with Gasteiger partial charge in [0.15, 0.2) is 0 Å². The van der Waals surface area contributed by atoms with Gasteiger partial charge in [-0.25, -0.2) is 0 Å². The summed E-state index contributed by atoms with van der Waals surface area (Å²) < 4.78 is 5.62. The molecule has 0 aromatic heterocycles. The molecule has 2 nitrogen and oxygen atoms in total. The molecule has 0 heterocycles. The third-order valence-corrected chi connectivity index (χ3v) is 4.31. The van der Waals surface area contributed by atoms with Gasteiger partial charge in [-0.3, -0.25) is 0 Å². The minimum absolute atomic E-state index is 0.169. The monoisotopic (exact) mass is 197 g/mol. The molecule has 2 aliphatic rings. The fourth-order valence-electron chi connectivity index (χ4n) is 3.04. The van der Waals surface area contributed by atoms with Crippen molar-refractivity contribution in [2.45, 2.75) is 63.0 Å². The summed E-state index contributed by atoms with van der Waals surface area (Å²) in [6.07, 6.45) is 10.3. The van der Waals surface area contributed by atoms with Crippen molar-refractivity contribution >= 4 is 0 Å². The highest BCUT2D eigenvalue weighted by Crippen LogP contribution is 2.41. The topological polar surface area (TPSA) is 35.2 Å². The number of methoxy groups -OCH3 is 1. The zero-order valence-corrected chi connectivity index (χ0v) is 9.30. The highest BCUT2D eigenvalue weighted by molar-refractivity contribution is 4.94. The molecule has 1 atom stereocenters. The zero-order chi connectivity index (χ0) is 10.0. The van der Waals surface area contributed by atoms with Crippen LogP contribution in [-0.2, 0) is 4.74 Å². The minimum Gasteiger partial charge on any atom is -0.378 e. The molecule has 0 aromatic rings. The van der Waals surface area contributed by atoms with Crippen molar-refractivity contribution in [2.75, 3.05) is 7.11 Å². The SMILES string of the molecule is COC1(CC(N)C2CCCC2)CCC1. The Morgan fingerprint density at radius 1 is 1.29 bits per heavy atom. The van der Waals surface area contributed by atoms with E-state index in [2.05, 4.69) is 0 Å². The van der Waals surface area contributed by atoms with Crippen LogP contribution in [0.5, 0.6) is 0 Å². The van der Waals surface area contributed by atoms with Gasteiger partial charge in [-0.05, 0) is 44.4 Å². The number of rotatable bonds is 4. The molecule has 0 aliphatic heterocycles. The summed E-state index contributed by atoms with van der Waals surface area (Å²) in [6, 6.07) is 0.387. The summed E-state index contributed by atoms with van der Waals surface area (Å²) >= 11 is 0. The molecule has 0 saturated heterocycles. The van der Waals surface area contributed by atoms with Crippen LogP contribution < -0.4 is 5.73 Å². The van der Waals surface area contributed by atoms with E-state index >= 15 is 0 Å². The van der Waals surface area contributed by atoms with E-state index in [4.69, 9.17) is 10.5 Å². The Hall–Kier alpha value is -0.0800. The molecule has 82 valence electrons. The van der Waals surface area contributed by atoms with E-state index < -0.39 is 0 Å². The van der Waals surface area contributed by atoms with Gasteiger partial charge < -0.3 is 10.5 Å². The molecular weight excluding hydrogens is 174 g/mol. The zero-order valence-electron chi connectivity index (χ0n) is 9.30. The Bertz CT molecular complexity index is 177. The first-order chi connectivity index (χ1) is 6.76. The van der Waals surface area contributed by atoms with Crippen molar-refractivity contribution < 1.29 is 4.74 Å². The van der Waals surface area contributed by atoms with E-state index in [-0.39, 0.29) is 5.60 Å². The van der Waals surface area contributed by atoms with E-state index in [1.54, 1.807) is 0 Å². The third kappa shape index (κ3) is 1.96. The van der Waals surface area contributed by atoms with Gasteiger partial charge in [0.1, 0.15) is 0 Å². The molecule has 2 heteroatoms. The molecule has 2 aliphatic carbocycles. The maximum absolute atomic E-state index is 6.27. The third-order valence-electron chi connectivity index (χ3n) is 4.31. The van der Waals surface area contributed by atoms with Crippen molar-refractivity contribution in [1.29, 1.82) is 0 Å². The molecular formula is C12H23NO. The maximum atomic E-state index is 6.27. The lowest BCUT2D eigenvalue weighted by molar-refractivity contribution is -0.0842. The van der Waals surface area contributed by atoms with E-state index in [1.807, 2.05) is 7.11 Å². The Kier molecular flexibility index (Phi) is 3.13. The van der Waals surface area contributed by atoms with Crippen molar-refractivity contribution in [3.05, 3.63) is 0 Å². The maximum Gasteiger partial charge on any atom is 0.0693 e. The van der Waals surface area contributed by atoms with Gasteiger partial charge in [0, 0.05) is 13.2 Å². The first kappa shape index (κ1) is 10.4. The van der Waals surface area contributed by atoms with E-state index in [1.165, 1.54) is 44.9 Å². The summed E-state index contributed by atoms with van der Waals surface area (Å²) in [6.45, 7) is 0. The number of hydrogen-bond donors (Lipinski definition) is 1. The summed E-state index contributed by atoms with van der Waals surface area (Å²) in [7, 11) is 1.85. The lowest BCUT2D eigenvalue weighted by Gasteiger charge is -2.43. The van der Waals surface area contributed by atoms with Crippen LogP contribution in [0.2, 0.25) is 0 Å². The van der Waals surface area contributed by atoms with Crippen LogP contribution in [0.15, 0.2) is 0 Å². The number of nitrogens with two attached hydrogens (primary N) is 1. The number of hydrogen-bond acceptors (Lipinski definition) is 2. The van der Waals surface area contributed by atoms with E-state index in [0.717, 1.165) is 12.3 Å². The van der Waals surface area contributed by atoms with Crippen LogP contribution in [0.3, 0.4) is 0 Å². The fourth-order valence-corrected chi connectivity index (χ4v) is 3.04. The lowest BCUT2D eigenvalue weighted by atomic mass is 9.73. The van der Waals surface area contributed by atoms with Crippen LogP contribution in [0.25, 0.3) is 0 Å². The Labute approximate surface area is 87.2 Å². The van der Waals surface area contributed by atoms with Gasteiger partial charge in [0.25, 0.3) is 0 Å². The molecule has 1 unspecified atom stereocenters. The van der Waals surface area contributed by atoms with E-state index in [0.29, 0.717) is 6.04 Å². The molecule has 0 amide bonds. The normalized spacial score (nSPS) is 28.7. The van der Waals surface area contributed by atoms with E-state index in [9.17, 15) is 0 Å². The second kappa shape index (κ2) is 4.19. The lowest BCUT2D eigenvalue weighted by Crippen LogP contribution is -2.46. The van der Waals surface area contributed by atoms with Crippen LogP contribution in [-0.4, -0.2) is 18.8 Å². The summed E-state index contributed by atoms with van der Waals surface area (Å²) in [5.74, 6) is 0.780. The highest BCUT2D eigenvalue weighted by atomic mass is 16.5. The molecule has 14 heavy (non-hydrogen) atoms. The average molecular weight is 197 g/mol. The van der Waals surface area contributed by atoms with Gasteiger partial charge in [0.2, 0.25) is 0 Å². The van der Waals surface area contributed by atoms with Crippen molar-refractivity contribution in [3.63, 3.8) is 0 Å². The molecule has 2 saturated carbocycles. The van der Waals surface area contributed by atoms with Crippen molar-refractivity contribution in [1.82, 2.24) is 0 Å². The van der Waals surface area contributed by atoms with Gasteiger partial charge >= 0.3 is 0 Å². The quantitative estimate of drug-likeness (QED) is 0.751. The number of ether oxygens (including phenoxy) is 1. The Morgan fingerprint density at radius 2 is 1.93 bits per heavy atom. The molecule has 2 fully saturated rings. The van der Waals surface area contributed by atoms with Crippen LogP contribution in [0, 0.1) is 5.92 Å². The second-order valence-electron chi connectivity index (χ2n) is 5.15. The van der Waals surface area contributed by atoms with Crippen LogP contribution in [0.4, 0.5) is 0 Å². The summed E-state index contributed by atoms with van der Waals surface area (Å²) in [4.78, 5) is 0. The molecule has 2 N–H and O–H groups in total. The predicted octanol–water partition coefficient (Wildman–Crippen LogP) is 2.46. The summed E-state index contributed by atoms with van der Waals surface area (Å²) in [5, 5.41) is 0. The second-order valence-corrected chi connectivity index (χ2v) is 5.15. The molecule has 0 aromatic carbocycles. The van der Waals surface area contributed by atoms with Crippen molar-refractivity contribution in [2.24, 2.45) is 11.7 Å². The minimum atomic E-state index is 0.169. The van der Waals surface area contributed by atoms with Gasteiger partial charge in [-0.15, -0.1) is 0 Å². The van der Waals surface area contributed by atoms with Crippen LogP contribution >= 0.6 is 0 Å². The fraction of sp³-hybridized carbons (Fsp3) is 1.00. The summed E-state index contributed by atoms with van der Waals surface area (Å²) in [5.41, 5.74) is 6.44. The molecule has 0 spiro atoms. The standard InChI is InChI=1S/C12H23NO/c1-14-12(7-4-8-12)9-11(13)10-5-2-3-6-10/h10-11H,2-9,13H2,1H3. The highest BCUT2D eigenvalue weighted by Gasteiger charge is 2.40. The molecule has 0 bridgehead atoms. The van der Waals surface area contributed by atoms with Gasteiger partial charge in [-0.2, -0.15) is 0 Å². The van der Waals surface area contributed by atoms with Gasteiger partial charge in [-0.1, -0.05) is 12.8 Å². The molecule has 2 rings (SSSR count). The predicted molar refractivity (Wildman–Crippen MR) is 58.1 cm³/mol. The Balaban J connectivity index is 1.83. The average Bonchev–Trinajstić information content (AvgIpc) is 2.63. The van der Waals surface area contributed by atoms with Crippen LogP contribution in [0.1, 0.15) is 51.4 Å². The largest absolute Gasteiger partial charge is 0.378 e. The van der Waals surface area contributed by atoms with Crippen molar-refractivity contribution in [3.8, 4) is 0 Å². The molecule has 0 radical (unpaired) electrons. The first-order valence-corrected chi connectivity index (χ1v) is 6.06. The van der Waals surface area contributed by atoms with Gasteiger partial charge in [0.05, 0.1) is 5.60 Å². The Morgan fingerprint density at radius 3 is 2.36 bits per heavy atom. The smallest absolute Gasteiger partial charge is 0.0693 e.